The van der Waals surface area contributed by atoms with E-state index in [4.69, 9.17) is 0 Å². The molecule has 2 aromatic heterocycles. The summed E-state index contributed by atoms with van der Waals surface area (Å²) in [4.78, 5) is 19.4. The molecule has 9 heteroatoms. The summed E-state index contributed by atoms with van der Waals surface area (Å²) in [5.74, 6) is -0.481. The number of hydrogen-bond donors (Lipinski definition) is 1. The number of amides is 1. The minimum atomic E-state index is -4.64. The minimum absolute atomic E-state index is 0.0231. The molecule has 0 saturated carbocycles. The number of aromatic nitrogens is 3. The van der Waals surface area contributed by atoms with Crippen molar-refractivity contribution in [2.75, 3.05) is 19.6 Å². The molecule has 1 saturated heterocycles. The third-order valence-electron chi connectivity index (χ3n) is 5.70. The Morgan fingerprint density at radius 1 is 1.23 bits per heavy atom. The van der Waals surface area contributed by atoms with Crippen LogP contribution in [0.15, 0.2) is 42.6 Å². The Balaban J connectivity index is 1.61. The molecule has 1 fully saturated rings. The third kappa shape index (κ3) is 4.56. The second-order valence-electron chi connectivity index (χ2n) is 7.82. The van der Waals surface area contributed by atoms with Gasteiger partial charge in [0, 0.05) is 24.7 Å². The van der Waals surface area contributed by atoms with Crippen molar-refractivity contribution in [3.05, 3.63) is 53.9 Å². The van der Waals surface area contributed by atoms with Crippen molar-refractivity contribution < 1.29 is 18.0 Å². The molecule has 1 N–H and O–H groups in total. The van der Waals surface area contributed by atoms with Crippen molar-refractivity contribution in [3.63, 3.8) is 0 Å². The Morgan fingerprint density at radius 2 is 2.00 bits per heavy atom. The molecule has 3 heterocycles. The predicted molar refractivity (Wildman–Crippen MR) is 111 cm³/mol. The van der Waals surface area contributed by atoms with Gasteiger partial charge in [-0.05, 0) is 32.4 Å². The van der Waals surface area contributed by atoms with Crippen molar-refractivity contribution in [2.45, 2.75) is 38.4 Å². The van der Waals surface area contributed by atoms with Gasteiger partial charge in [0.2, 0.25) is 0 Å². The fourth-order valence-electron chi connectivity index (χ4n) is 3.98. The molecule has 0 bridgehead atoms. The van der Waals surface area contributed by atoms with E-state index in [1.165, 1.54) is 6.42 Å². The molecular formula is C22H24F3N5O. The molecule has 0 radical (unpaired) electrons. The first kappa shape index (κ1) is 21.3. The van der Waals surface area contributed by atoms with E-state index in [9.17, 15) is 18.0 Å². The zero-order valence-electron chi connectivity index (χ0n) is 17.2. The number of piperidine rings is 1. The molecule has 3 aromatic rings. The van der Waals surface area contributed by atoms with Gasteiger partial charge in [-0.15, -0.1) is 0 Å². The molecular weight excluding hydrogens is 407 g/mol. The Kier molecular flexibility index (Phi) is 5.95. The van der Waals surface area contributed by atoms with E-state index in [-0.39, 0.29) is 16.9 Å². The first-order valence-corrected chi connectivity index (χ1v) is 10.4. The average molecular weight is 431 g/mol. The minimum Gasteiger partial charge on any atom is -0.351 e. The first-order chi connectivity index (χ1) is 14.8. The summed E-state index contributed by atoms with van der Waals surface area (Å²) in [5, 5.41) is 6.62. The highest BCUT2D eigenvalue weighted by molar-refractivity contribution is 5.99. The van der Waals surface area contributed by atoms with Crippen molar-refractivity contribution in [1.29, 1.82) is 0 Å². The lowest BCUT2D eigenvalue weighted by molar-refractivity contribution is -0.142. The highest BCUT2D eigenvalue weighted by atomic mass is 19.4. The summed E-state index contributed by atoms with van der Waals surface area (Å²) in [6.07, 6.45) is -0.0173. The Bertz CT molecular complexity index is 1060. The third-order valence-corrected chi connectivity index (χ3v) is 5.70. The quantitative estimate of drug-likeness (QED) is 0.663. The Hall–Kier alpha value is -2.94. The Morgan fingerprint density at radius 3 is 2.71 bits per heavy atom. The summed E-state index contributed by atoms with van der Waals surface area (Å²) in [6.45, 7) is 4.26. The predicted octanol–water partition coefficient (Wildman–Crippen LogP) is 4.02. The van der Waals surface area contributed by atoms with Crippen molar-refractivity contribution >= 4 is 11.6 Å². The number of likely N-dealkylation sites (tertiary alicyclic amines) is 1. The lowest BCUT2D eigenvalue weighted by Gasteiger charge is -2.33. The van der Waals surface area contributed by atoms with Gasteiger partial charge in [-0.3, -0.25) is 9.69 Å². The van der Waals surface area contributed by atoms with Crippen LogP contribution in [0.4, 0.5) is 13.2 Å². The van der Waals surface area contributed by atoms with Gasteiger partial charge in [0.25, 0.3) is 5.91 Å². The van der Waals surface area contributed by atoms with E-state index >= 15 is 0 Å². The topological polar surface area (TPSA) is 62.5 Å². The number of alkyl halides is 3. The molecule has 0 spiro atoms. The van der Waals surface area contributed by atoms with Gasteiger partial charge in [0.1, 0.15) is 5.56 Å². The van der Waals surface area contributed by atoms with E-state index in [0.29, 0.717) is 29.2 Å². The Labute approximate surface area is 178 Å². The van der Waals surface area contributed by atoms with Crippen molar-refractivity contribution in [2.24, 2.45) is 0 Å². The second-order valence-corrected chi connectivity index (χ2v) is 7.82. The molecule has 0 aliphatic carbocycles. The summed E-state index contributed by atoms with van der Waals surface area (Å²) in [7, 11) is 0. The lowest BCUT2D eigenvalue weighted by atomic mass is 10.0. The van der Waals surface area contributed by atoms with Crippen molar-refractivity contribution in [1.82, 2.24) is 24.8 Å². The molecule has 1 aliphatic rings. The van der Waals surface area contributed by atoms with Gasteiger partial charge in [-0.2, -0.15) is 18.3 Å². The van der Waals surface area contributed by atoms with Crippen LogP contribution in [0.2, 0.25) is 0 Å². The number of fused-ring (bicyclic) bond motifs is 1. The maximum Gasteiger partial charge on any atom is 0.433 e. The number of carbonyl (C=O) groups is 1. The summed E-state index contributed by atoms with van der Waals surface area (Å²) < 4.78 is 41.7. The summed E-state index contributed by atoms with van der Waals surface area (Å²) in [6, 6.07) is 9.98. The number of nitrogens with one attached hydrogen (secondary N) is 1. The monoisotopic (exact) mass is 431 g/mol. The number of benzene rings is 1. The maximum atomic E-state index is 13.7. The summed E-state index contributed by atoms with van der Waals surface area (Å²) in [5.41, 5.74) is -0.399. The van der Waals surface area contributed by atoms with Gasteiger partial charge in [0.15, 0.2) is 11.3 Å². The summed E-state index contributed by atoms with van der Waals surface area (Å²) >= 11 is 0. The normalized spacial score (nSPS) is 17.7. The molecule has 1 amide bonds. The van der Waals surface area contributed by atoms with E-state index in [2.05, 4.69) is 27.2 Å². The molecule has 1 atom stereocenters. The zero-order chi connectivity index (χ0) is 22.0. The second kappa shape index (κ2) is 8.66. The molecule has 1 aliphatic heterocycles. The number of nitrogens with zero attached hydrogens (tertiary/aromatic N) is 4. The molecule has 164 valence electrons. The number of hydrogen-bond acceptors (Lipinski definition) is 4. The number of carbonyl (C=O) groups excluding carboxylic acids is 1. The highest BCUT2D eigenvalue weighted by Gasteiger charge is 2.36. The van der Waals surface area contributed by atoms with Crippen LogP contribution in [0.3, 0.4) is 0 Å². The fraction of sp³-hybridized carbons (Fsp3) is 0.409. The van der Waals surface area contributed by atoms with Crippen LogP contribution < -0.4 is 5.32 Å². The van der Waals surface area contributed by atoms with Gasteiger partial charge in [-0.25, -0.2) is 9.50 Å². The maximum absolute atomic E-state index is 13.7. The van der Waals surface area contributed by atoms with Crippen LogP contribution in [-0.4, -0.2) is 51.1 Å². The zero-order valence-corrected chi connectivity index (χ0v) is 17.2. The number of rotatable bonds is 5. The largest absolute Gasteiger partial charge is 0.433 e. The molecule has 1 aromatic carbocycles. The van der Waals surface area contributed by atoms with Gasteiger partial charge < -0.3 is 5.32 Å². The van der Waals surface area contributed by atoms with E-state index in [0.717, 1.165) is 31.6 Å². The molecule has 1 unspecified atom stereocenters. The smallest absolute Gasteiger partial charge is 0.351 e. The highest BCUT2D eigenvalue weighted by Crippen LogP contribution is 2.32. The van der Waals surface area contributed by atoms with Crippen LogP contribution in [-0.2, 0) is 6.18 Å². The van der Waals surface area contributed by atoms with E-state index in [1.54, 1.807) is 30.3 Å². The molecule has 4 rings (SSSR count). The van der Waals surface area contributed by atoms with Crippen LogP contribution in [0, 0.1) is 0 Å². The molecule has 6 nitrogen and oxygen atoms in total. The van der Waals surface area contributed by atoms with Gasteiger partial charge in [0.05, 0.1) is 11.9 Å². The SMILES string of the molecule is CC1CCCCN1CCNC(=O)c1cnn2c(C(F)(F)F)cc(-c3ccccc3)nc12. The van der Waals surface area contributed by atoms with Crippen LogP contribution in [0.5, 0.6) is 0 Å². The first-order valence-electron chi connectivity index (χ1n) is 10.4. The van der Waals surface area contributed by atoms with Crippen LogP contribution >= 0.6 is 0 Å². The van der Waals surface area contributed by atoms with E-state index in [1.807, 2.05) is 0 Å². The number of halogens is 3. The van der Waals surface area contributed by atoms with Gasteiger partial charge >= 0.3 is 6.18 Å². The fourth-order valence-corrected chi connectivity index (χ4v) is 3.98. The van der Waals surface area contributed by atoms with Crippen molar-refractivity contribution in [3.8, 4) is 11.3 Å². The van der Waals surface area contributed by atoms with Gasteiger partial charge in [-0.1, -0.05) is 36.8 Å². The van der Waals surface area contributed by atoms with Crippen LogP contribution in [0.1, 0.15) is 42.2 Å². The lowest BCUT2D eigenvalue weighted by Crippen LogP contribution is -2.42. The average Bonchev–Trinajstić information content (AvgIpc) is 3.18. The standard InChI is InChI=1S/C22H24F3N5O/c1-15-7-5-6-11-29(15)12-10-26-21(31)17-14-27-30-19(22(23,24)25)13-18(28-20(17)30)16-8-3-2-4-9-16/h2-4,8-9,13-15H,5-7,10-12H2,1H3,(H,26,31). The molecule has 31 heavy (non-hydrogen) atoms. The van der Waals surface area contributed by atoms with E-state index < -0.39 is 17.8 Å². The van der Waals surface area contributed by atoms with Crippen LogP contribution in [0.25, 0.3) is 16.9 Å².